The molecule has 3 rings (SSSR count). The van der Waals surface area contributed by atoms with Gasteiger partial charge in [-0.2, -0.15) is 13.2 Å². The predicted molar refractivity (Wildman–Crippen MR) is 137 cm³/mol. The Hall–Kier alpha value is -3.95. The standard InChI is InChI=1S/C29H28F5NO4/c1-17(2)26(35-20-9-6-18(7-10-20)27(36)4-3-5-28(37)38)16-39-21-11-13-23(25(31)15-21)22-12-8-19(14-24(22)30)29(32,33)34/h6-15,17,26,35H,3-5,16H2,1-2H3,(H,37,38)/t26-/m1/s1. The van der Waals surface area contributed by atoms with Gasteiger partial charge in [0.2, 0.25) is 0 Å². The summed E-state index contributed by atoms with van der Waals surface area (Å²) < 4.78 is 73.2. The summed E-state index contributed by atoms with van der Waals surface area (Å²) in [6.45, 7) is 4.05. The summed E-state index contributed by atoms with van der Waals surface area (Å²) in [6.07, 6.45) is -4.37. The zero-order valence-corrected chi connectivity index (χ0v) is 21.3. The van der Waals surface area contributed by atoms with Crippen molar-refractivity contribution < 1.29 is 41.4 Å². The molecule has 0 fully saturated rings. The fourth-order valence-corrected chi connectivity index (χ4v) is 3.81. The van der Waals surface area contributed by atoms with Crippen LogP contribution in [0, 0.1) is 17.6 Å². The van der Waals surface area contributed by atoms with E-state index in [2.05, 4.69) is 5.32 Å². The number of ketones is 1. The number of benzene rings is 3. The Morgan fingerprint density at radius 3 is 2.05 bits per heavy atom. The summed E-state index contributed by atoms with van der Waals surface area (Å²) in [5.74, 6) is -2.87. The lowest BCUT2D eigenvalue weighted by atomic mass is 10.0. The largest absolute Gasteiger partial charge is 0.491 e. The zero-order chi connectivity index (χ0) is 28.7. The molecule has 0 aliphatic heterocycles. The van der Waals surface area contributed by atoms with Gasteiger partial charge in [-0.15, -0.1) is 0 Å². The molecule has 0 unspecified atom stereocenters. The molecule has 0 saturated carbocycles. The van der Waals surface area contributed by atoms with Gasteiger partial charge in [-0.3, -0.25) is 9.59 Å². The summed E-state index contributed by atoms with van der Waals surface area (Å²) in [5.41, 5.74) is -0.447. The first-order chi connectivity index (χ1) is 18.3. The minimum absolute atomic E-state index is 0.0694. The van der Waals surface area contributed by atoms with E-state index in [0.717, 1.165) is 17.8 Å². The molecular formula is C29H28F5NO4. The van der Waals surface area contributed by atoms with Crippen molar-refractivity contribution in [2.45, 2.75) is 45.3 Å². The van der Waals surface area contributed by atoms with Crippen molar-refractivity contribution in [3.05, 3.63) is 83.4 Å². The van der Waals surface area contributed by atoms with Crippen LogP contribution in [-0.4, -0.2) is 29.5 Å². The lowest BCUT2D eigenvalue weighted by Crippen LogP contribution is -2.32. The molecule has 1 atom stereocenters. The van der Waals surface area contributed by atoms with E-state index in [1.807, 2.05) is 13.8 Å². The maximum absolute atomic E-state index is 14.8. The minimum atomic E-state index is -4.71. The number of nitrogens with one attached hydrogen (secondary N) is 1. The van der Waals surface area contributed by atoms with Crippen molar-refractivity contribution in [1.29, 1.82) is 0 Å². The van der Waals surface area contributed by atoms with Crippen molar-refractivity contribution in [1.82, 2.24) is 0 Å². The van der Waals surface area contributed by atoms with Gasteiger partial charge in [-0.05, 0) is 60.9 Å². The number of carbonyl (C=O) groups excluding carboxylic acids is 1. The van der Waals surface area contributed by atoms with Crippen molar-refractivity contribution in [3.8, 4) is 16.9 Å². The Morgan fingerprint density at radius 2 is 1.51 bits per heavy atom. The fourth-order valence-electron chi connectivity index (χ4n) is 3.81. The number of alkyl halides is 3. The van der Waals surface area contributed by atoms with E-state index in [-0.39, 0.29) is 60.5 Å². The van der Waals surface area contributed by atoms with Gasteiger partial charge in [-0.25, -0.2) is 8.78 Å². The molecule has 10 heteroatoms. The van der Waals surface area contributed by atoms with Crippen LogP contribution in [0.25, 0.3) is 11.1 Å². The summed E-state index contributed by atoms with van der Waals surface area (Å²) in [4.78, 5) is 22.8. The third kappa shape index (κ3) is 8.27. The first kappa shape index (κ1) is 29.6. The number of rotatable bonds is 12. The van der Waals surface area contributed by atoms with Crippen LogP contribution in [0.3, 0.4) is 0 Å². The minimum Gasteiger partial charge on any atom is -0.491 e. The topological polar surface area (TPSA) is 75.6 Å². The second kappa shape index (κ2) is 12.7. The number of hydrogen-bond acceptors (Lipinski definition) is 4. The third-order valence-corrected chi connectivity index (χ3v) is 6.11. The van der Waals surface area contributed by atoms with Crippen molar-refractivity contribution >= 4 is 17.4 Å². The van der Waals surface area contributed by atoms with Gasteiger partial charge >= 0.3 is 12.1 Å². The predicted octanol–water partition coefficient (Wildman–Crippen LogP) is 7.60. The Labute approximate surface area is 222 Å². The van der Waals surface area contributed by atoms with Gasteiger partial charge in [0.25, 0.3) is 0 Å². The molecule has 0 aromatic heterocycles. The second-order valence-electron chi connectivity index (χ2n) is 9.39. The van der Waals surface area contributed by atoms with Crippen LogP contribution in [0.4, 0.5) is 27.6 Å². The fraction of sp³-hybridized carbons (Fsp3) is 0.310. The molecule has 0 aliphatic carbocycles. The Balaban J connectivity index is 1.63. The summed E-state index contributed by atoms with van der Waals surface area (Å²) in [5, 5.41) is 12.0. The van der Waals surface area contributed by atoms with Crippen molar-refractivity contribution in [2.75, 3.05) is 11.9 Å². The maximum atomic E-state index is 14.8. The molecule has 0 heterocycles. The molecule has 2 N–H and O–H groups in total. The molecule has 0 bridgehead atoms. The Morgan fingerprint density at radius 1 is 0.897 bits per heavy atom. The first-order valence-electron chi connectivity index (χ1n) is 12.3. The smallest absolute Gasteiger partial charge is 0.416 e. The van der Waals surface area contributed by atoms with Crippen LogP contribution in [0.1, 0.15) is 49.0 Å². The maximum Gasteiger partial charge on any atom is 0.416 e. The van der Waals surface area contributed by atoms with Gasteiger partial charge in [-0.1, -0.05) is 19.9 Å². The van der Waals surface area contributed by atoms with Gasteiger partial charge in [0.15, 0.2) is 5.78 Å². The average Bonchev–Trinajstić information content (AvgIpc) is 2.86. The van der Waals surface area contributed by atoms with E-state index in [1.54, 1.807) is 24.3 Å². The average molecular weight is 550 g/mol. The van der Waals surface area contributed by atoms with Gasteiger partial charge < -0.3 is 15.2 Å². The van der Waals surface area contributed by atoms with E-state index in [0.29, 0.717) is 17.7 Å². The van der Waals surface area contributed by atoms with Crippen LogP contribution < -0.4 is 10.1 Å². The molecule has 0 radical (unpaired) electrons. The molecule has 3 aromatic rings. The normalized spacial score (nSPS) is 12.3. The quantitative estimate of drug-likeness (QED) is 0.180. The van der Waals surface area contributed by atoms with Crippen LogP contribution in [-0.2, 0) is 11.0 Å². The SMILES string of the molecule is CC(C)[C@@H](COc1ccc(-c2ccc(C(F)(F)F)cc2F)c(F)c1)Nc1ccc(C(=O)CCCC(=O)O)cc1. The molecule has 0 saturated heterocycles. The number of anilines is 1. The number of carboxylic acid groups (broad SMARTS) is 1. The molecule has 0 spiro atoms. The van der Waals surface area contributed by atoms with E-state index in [4.69, 9.17) is 9.84 Å². The number of aliphatic carboxylic acids is 1. The van der Waals surface area contributed by atoms with Gasteiger partial charge in [0.05, 0.1) is 11.6 Å². The summed E-state index contributed by atoms with van der Waals surface area (Å²) >= 11 is 0. The lowest BCUT2D eigenvalue weighted by Gasteiger charge is -2.24. The highest BCUT2D eigenvalue weighted by Crippen LogP contribution is 2.34. The number of ether oxygens (including phenoxy) is 1. The van der Waals surface area contributed by atoms with Gasteiger partial charge in [0, 0.05) is 41.3 Å². The summed E-state index contributed by atoms with van der Waals surface area (Å²) in [7, 11) is 0. The monoisotopic (exact) mass is 549 g/mol. The van der Waals surface area contributed by atoms with Crippen LogP contribution >= 0.6 is 0 Å². The van der Waals surface area contributed by atoms with E-state index in [9.17, 15) is 31.5 Å². The number of Topliss-reactive ketones (excluding diaryl/α,β-unsaturated/α-hetero) is 1. The number of carboxylic acids is 1. The Bertz CT molecular complexity index is 1310. The molecule has 39 heavy (non-hydrogen) atoms. The lowest BCUT2D eigenvalue weighted by molar-refractivity contribution is -0.138. The van der Waals surface area contributed by atoms with Crippen LogP contribution in [0.15, 0.2) is 60.7 Å². The van der Waals surface area contributed by atoms with E-state index in [1.165, 1.54) is 12.1 Å². The zero-order valence-electron chi connectivity index (χ0n) is 21.3. The second-order valence-corrected chi connectivity index (χ2v) is 9.39. The first-order valence-corrected chi connectivity index (χ1v) is 12.3. The molecule has 3 aromatic carbocycles. The number of carbonyl (C=O) groups is 2. The highest BCUT2D eigenvalue weighted by Gasteiger charge is 2.31. The van der Waals surface area contributed by atoms with E-state index < -0.39 is 29.3 Å². The molecule has 208 valence electrons. The van der Waals surface area contributed by atoms with Crippen molar-refractivity contribution in [2.24, 2.45) is 5.92 Å². The highest BCUT2D eigenvalue weighted by atomic mass is 19.4. The molecule has 5 nitrogen and oxygen atoms in total. The highest BCUT2D eigenvalue weighted by molar-refractivity contribution is 5.96. The van der Waals surface area contributed by atoms with Crippen molar-refractivity contribution in [3.63, 3.8) is 0 Å². The molecule has 0 amide bonds. The van der Waals surface area contributed by atoms with Gasteiger partial charge in [0.1, 0.15) is 24.0 Å². The number of hydrogen-bond donors (Lipinski definition) is 2. The van der Waals surface area contributed by atoms with Crippen LogP contribution in [0.5, 0.6) is 5.75 Å². The van der Waals surface area contributed by atoms with E-state index >= 15 is 0 Å². The van der Waals surface area contributed by atoms with Crippen LogP contribution in [0.2, 0.25) is 0 Å². The third-order valence-electron chi connectivity index (χ3n) is 6.11. The number of halogens is 5. The Kier molecular flexibility index (Phi) is 9.66. The summed E-state index contributed by atoms with van der Waals surface area (Å²) in [6, 6.07) is 12.2. The molecular weight excluding hydrogens is 521 g/mol. The molecule has 0 aliphatic rings.